The molecule has 37 heavy (non-hydrogen) atoms. The van der Waals surface area contributed by atoms with E-state index in [1.807, 2.05) is 6.08 Å². The topological polar surface area (TPSA) is 55.8 Å². The lowest BCUT2D eigenvalue weighted by molar-refractivity contribution is -0.184. The maximum atomic E-state index is 12.7. The van der Waals surface area contributed by atoms with Gasteiger partial charge >= 0.3 is 0 Å². The molecule has 0 bridgehead atoms. The third-order valence-corrected chi connectivity index (χ3v) is 12.6. The predicted octanol–water partition coefficient (Wildman–Crippen LogP) is 7.19. The number of rotatable bonds is 7. The van der Waals surface area contributed by atoms with Crippen molar-refractivity contribution in [1.82, 2.24) is 0 Å². The number of carbonyl (C=O) groups excluding carboxylic acids is 1. The molecule has 0 aromatic carbocycles. The van der Waals surface area contributed by atoms with Crippen LogP contribution >= 0.6 is 0 Å². The zero-order valence-corrected chi connectivity index (χ0v) is 24.5. The monoisotopic (exact) mass is 514 g/mol. The third-order valence-electron chi connectivity index (χ3n) is 12.6. The summed E-state index contributed by atoms with van der Waals surface area (Å²) in [6, 6.07) is 0. The lowest BCUT2D eigenvalue weighted by Crippen LogP contribution is -2.58. The van der Waals surface area contributed by atoms with Gasteiger partial charge in [-0.1, -0.05) is 66.4 Å². The minimum Gasteiger partial charge on any atom is -0.385 e. The van der Waals surface area contributed by atoms with Crippen molar-refractivity contribution < 1.29 is 19.4 Å². The Morgan fingerprint density at radius 2 is 1.62 bits per heavy atom. The van der Waals surface area contributed by atoms with E-state index in [0.29, 0.717) is 35.5 Å². The Hall–Kier alpha value is -0.710. The van der Waals surface area contributed by atoms with Gasteiger partial charge < -0.3 is 14.6 Å². The molecule has 0 amide bonds. The molecule has 1 heterocycles. The van der Waals surface area contributed by atoms with Gasteiger partial charge in [0.15, 0.2) is 12.1 Å². The van der Waals surface area contributed by atoms with Crippen molar-refractivity contribution in [1.29, 1.82) is 0 Å². The molecule has 210 valence electrons. The molecule has 1 saturated heterocycles. The second kappa shape index (κ2) is 10.7. The summed E-state index contributed by atoms with van der Waals surface area (Å²) in [5.74, 6) is 5.29. The fraction of sp³-hybridized carbons (Fsp3) is 0.909. The Labute approximate surface area is 226 Å². The van der Waals surface area contributed by atoms with E-state index < -0.39 is 6.10 Å². The molecule has 0 aromatic rings. The number of aliphatic hydroxyl groups excluding tert-OH is 1. The molecule has 5 aliphatic rings. The molecule has 6 unspecified atom stereocenters. The summed E-state index contributed by atoms with van der Waals surface area (Å²) in [4.78, 5) is 12.7. The number of fused-ring (bicyclic) bond motifs is 5. The Morgan fingerprint density at radius 3 is 2.24 bits per heavy atom. The molecule has 0 radical (unpaired) electrons. The minimum absolute atomic E-state index is 0.0132. The van der Waals surface area contributed by atoms with Gasteiger partial charge in [0.25, 0.3) is 0 Å². The highest BCUT2D eigenvalue weighted by molar-refractivity contribution is 5.95. The van der Waals surface area contributed by atoms with Crippen LogP contribution in [0.1, 0.15) is 106 Å². The molecule has 4 heteroatoms. The Bertz CT molecular complexity index is 860. The molecule has 0 spiro atoms. The van der Waals surface area contributed by atoms with Gasteiger partial charge in [0.05, 0.1) is 13.2 Å². The van der Waals surface area contributed by atoms with Crippen LogP contribution in [0.2, 0.25) is 0 Å². The van der Waals surface area contributed by atoms with Gasteiger partial charge in [-0.3, -0.25) is 4.79 Å². The summed E-state index contributed by atoms with van der Waals surface area (Å²) >= 11 is 0. The number of carbonyl (C=O) groups is 1. The van der Waals surface area contributed by atoms with E-state index in [4.69, 9.17) is 9.47 Å². The lowest BCUT2D eigenvalue weighted by Gasteiger charge is -2.63. The molecule has 0 aromatic heterocycles. The van der Waals surface area contributed by atoms with Crippen molar-refractivity contribution in [3.8, 4) is 0 Å². The van der Waals surface area contributed by atoms with Crippen molar-refractivity contribution in [2.75, 3.05) is 13.2 Å². The quantitative estimate of drug-likeness (QED) is 0.390. The van der Waals surface area contributed by atoms with E-state index in [1.165, 1.54) is 44.1 Å². The Kier molecular flexibility index (Phi) is 8.05. The summed E-state index contributed by atoms with van der Waals surface area (Å²) in [6.45, 7) is 16.4. The Balaban J connectivity index is 1.53. The zero-order chi connectivity index (χ0) is 26.5. The summed E-state index contributed by atoms with van der Waals surface area (Å²) in [5.41, 5.74) is 1.69. The van der Waals surface area contributed by atoms with Gasteiger partial charge in [-0.2, -0.15) is 0 Å². The van der Waals surface area contributed by atoms with Gasteiger partial charge in [0.2, 0.25) is 0 Å². The second-order valence-corrected chi connectivity index (χ2v) is 13.8. The van der Waals surface area contributed by atoms with Crippen molar-refractivity contribution in [2.24, 2.45) is 58.2 Å². The molecule has 5 rings (SSSR count). The number of hydrogen-bond donors (Lipinski definition) is 1. The first kappa shape index (κ1) is 27.8. The minimum atomic E-state index is -0.824. The van der Waals surface area contributed by atoms with Crippen molar-refractivity contribution in [3.05, 3.63) is 11.6 Å². The van der Waals surface area contributed by atoms with E-state index >= 15 is 0 Å². The van der Waals surface area contributed by atoms with E-state index in [-0.39, 0.29) is 17.5 Å². The van der Waals surface area contributed by atoms with Crippen LogP contribution in [0.5, 0.6) is 0 Å². The molecule has 4 fully saturated rings. The fourth-order valence-electron chi connectivity index (χ4n) is 11.3. The van der Waals surface area contributed by atoms with Crippen molar-refractivity contribution >= 4 is 5.78 Å². The van der Waals surface area contributed by atoms with Crippen LogP contribution < -0.4 is 0 Å². The third kappa shape index (κ3) is 4.31. The zero-order valence-electron chi connectivity index (χ0n) is 24.5. The number of ketones is 1. The molecule has 4 nitrogen and oxygen atoms in total. The van der Waals surface area contributed by atoms with Crippen LogP contribution in [0.25, 0.3) is 0 Å². The average Bonchev–Trinajstić information content (AvgIpc) is 3.15. The van der Waals surface area contributed by atoms with E-state index in [1.54, 1.807) is 0 Å². The molecular formula is C33H54O4. The van der Waals surface area contributed by atoms with Gasteiger partial charge in [-0.05, 0) is 109 Å². The maximum Gasteiger partial charge on any atom is 0.184 e. The van der Waals surface area contributed by atoms with Crippen molar-refractivity contribution in [2.45, 2.75) is 118 Å². The van der Waals surface area contributed by atoms with Crippen LogP contribution in [0.3, 0.4) is 0 Å². The number of aliphatic hydroxyl groups is 1. The van der Waals surface area contributed by atoms with Crippen LogP contribution in [-0.4, -0.2) is 36.5 Å². The Morgan fingerprint density at radius 1 is 0.946 bits per heavy atom. The molecule has 1 aliphatic heterocycles. The van der Waals surface area contributed by atoms with Crippen LogP contribution in [-0.2, 0) is 14.3 Å². The number of allylic oxidation sites excluding steroid dienone is 1. The predicted molar refractivity (Wildman–Crippen MR) is 148 cm³/mol. The summed E-state index contributed by atoms with van der Waals surface area (Å²) in [6.07, 6.45) is 12.3. The summed E-state index contributed by atoms with van der Waals surface area (Å²) in [7, 11) is 0. The summed E-state index contributed by atoms with van der Waals surface area (Å²) in [5, 5.41) is 10.8. The highest BCUT2D eigenvalue weighted by Gasteiger charge is 2.66. The van der Waals surface area contributed by atoms with E-state index in [9.17, 15) is 9.90 Å². The normalized spacial score (nSPS) is 48.2. The van der Waals surface area contributed by atoms with Gasteiger partial charge in [0, 0.05) is 0 Å². The van der Waals surface area contributed by atoms with Crippen LogP contribution in [0.15, 0.2) is 11.6 Å². The highest BCUT2D eigenvalue weighted by atomic mass is 16.7. The molecule has 11 atom stereocenters. The van der Waals surface area contributed by atoms with Crippen LogP contribution in [0, 0.1) is 58.2 Å². The first-order valence-electron chi connectivity index (χ1n) is 15.9. The highest BCUT2D eigenvalue weighted by Crippen LogP contribution is 2.73. The second-order valence-electron chi connectivity index (χ2n) is 13.8. The summed E-state index contributed by atoms with van der Waals surface area (Å²) < 4.78 is 12.0. The molecule has 1 N–H and O–H groups in total. The van der Waals surface area contributed by atoms with Gasteiger partial charge in [-0.15, -0.1) is 0 Å². The molecule has 4 aliphatic carbocycles. The maximum absolute atomic E-state index is 12.7. The SMILES string of the molecule is CCC1C2=CC(=O)C(O)C[C@]2(C)[C@@H]2CC[C@]3(C)C(CCC4OCCCO4)C(CC)C(CC)[C@H]3[C@@H]2C1CC. The first-order chi connectivity index (χ1) is 17.7. The van der Waals surface area contributed by atoms with E-state index in [0.717, 1.165) is 56.1 Å². The first-order valence-corrected chi connectivity index (χ1v) is 15.9. The van der Waals surface area contributed by atoms with E-state index in [2.05, 4.69) is 41.5 Å². The smallest absolute Gasteiger partial charge is 0.184 e. The standard InChI is InChI=1S/C33H54O4/c1-7-20-22(9-3)30-25(33(6)19-28(35)27(34)18-26(20)33)14-15-32(5)24(12-13-29-36-16-11-17-37-29)21(8-2)23(10-4)31(30)32/h18,20-25,28-31,35H,7-17,19H2,1-6H3/t20?,21?,22?,23?,24?,25-,28?,30-,31+,32-,33-/m1/s1. The fourth-order valence-corrected chi connectivity index (χ4v) is 11.3. The average molecular weight is 515 g/mol. The van der Waals surface area contributed by atoms with Crippen molar-refractivity contribution in [3.63, 3.8) is 0 Å². The lowest BCUT2D eigenvalue weighted by atomic mass is 9.41. The van der Waals surface area contributed by atoms with Crippen LogP contribution in [0.4, 0.5) is 0 Å². The number of hydrogen-bond acceptors (Lipinski definition) is 4. The van der Waals surface area contributed by atoms with Gasteiger partial charge in [-0.25, -0.2) is 0 Å². The molecular weight excluding hydrogens is 460 g/mol. The largest absolute Gasteiger partial charge is 0.385 e. The van der Waals surface area contributed by atoms with Gasteiger partial charge in [0.1, 0.15) is 6.10 Å². The molecule has 3 saturated carbocycles. The number of ether oxygens (including phenoxy) is 2.